The number of amides is 1. The number of hydrogen-bond acceptors (Lipinski definition) is 3. The molecule has 0 aliphatic carbocycles. The maximum Gasteiger partial charge on any atom is 0.284 e. The Labute approximate surface area is 189 Å². The second kappa shape index (κ2) is 10.4. The van der Waals surface area contributed by atoms with Crippen LogP contribution in [0.25, 0.3) is 0 Å². The zero-order valence-electron chi connectivity index (χ0n) is 17.3. The molecular formula is C22H27Cl3N2O2. The molecule has 0 bridgehead atoms. The van der Waals surface area contributed by atoms with Gasteiger partial charge < -0.3 is 0 Å². The van der Waals surface area contributed by atoms with E-state index in [-0.39, 0.29) is 24.6 Å². The molecule has 0 aromatic heterocycles. The summed E-state index contributed by atoms with van der Waals surface area (Å²) in [6.07, 6.45) is 1.02. The molecule has 2 aromatic carbocycles. The van der Waals surface area contributed by atoms with Crippen LogP contribution in [0.4, 0.5) is 0 Å². The lowest BCUT2D eigenvalue weighted by atomic mass is 9.94. The van der Waals surface area contributed by atoms with E-state index in [1.807, 2.05) is 44.2 Å². The number of rotatable bonds is 7. The lowest BCUT2D eigenvalue weighted by molar-refractivity contribution is 0.0373. The largest absolute Gasteiger partial charge is 0.294 e. The molecule has 0 aliphatic heterocycles. The first-order chi connectivity index (χ1) is 13.1. The summed E-state index contributed by atoms with van der Waals surface area (Å²) in [6.45, 7) is 9.39. The molecule has 0 atom stereocenters. The molecule has 0 aliphatic rings. The van der Waals surface area contributed by atoms with Gasteiger partial charge in [-0.25, -0.2) is 0 Å². The van der Waals surface area contributed by atoms with Crippen LogP contribution >= 0.6 is 36.0 Å². The van der Waals surface area contributed by atoms with Gasteiger partial charge >= 0.3 is 0 Å². The van der Waals surface area contributed by atoms with Crippen molar-refractivity contribution < 1.29 is 9.59 Å². The Hall–Kier alpha value is -1.59. The molecule has 2 aromatic rings. The van der Waals surface area contributed by atoms with Crippen LogP contribution in [-0.2, 0) is 6.42 Å². The third-order valence-corrected chi connectivity index (χ3v) is 5.92. The minimum atomic E-state index is -0.878. The number of Topliss-reactive ketones (excluding diaryl/α,β-unsaturated/α-hetero) is 1. The second-order valence-corrected chi connectivity index (χ2v) is 8.18. The molecule has 0 saturated carbocycles. The zero-order valence-corrected chi connectivity index (χ0v) is 19.7. The Kier molecular flexibility index (Phi) is 9.16. The number of carbonyl (C=O) groups is 2. The summed E-state index contributed by atoms with van der Waals surface area (Å²) in [5.74, 6) is -0.506. The van der Waals surface area contributed by atoms with Crippen LogP contribution in [0.3, 0.4) is 0 Å². The monoisotopic (exact) mass is 456 g/mol. The topological polar surface area (TPSA) is 40.6 Å². The molecule has 1 amide bonds. The van der Waals surface area contributed by atoms with Crippen molar-refractivity contribution in [3.8, 4) is 0 Å². The SMILES string of the molecule is CCc1ccc(C(=O)CC(C)(C)N(Cl)N(Cl)C(=O)c2cccc(C)c2C)cc1.Cl. The van der Waals surface area contributed by atoms with Crippen LogP contribution < -0.4 is 0 Å². The third kappa shape index (κ3) is 5.95. The number of aryl methyl sites for hydroxylation is 2. The normalized spacial score (nSPS) is 11.2. The Morgan fingerprint density at radius 3 is 2.14 bits per heavy atom. The van der Waals surface area contributed by atoms with Gasteiger partial charge in [-0.3, -0.25) is 9.59 Å². The first-order valence-electron chi connectivity index (χ1n) is 9.23. The smallest absolute Gasteiger partial charge is 0.284 e. The minimum Gasteiger partial charge on any atom is -0.294 e. The quantitative estimate of drug-likeness (QED) is 0.278. The number of ketones is 1. The molecule has 29 heavy (non-hydrogen) atoms. The van der Waals surface area contributed by atoms with Crippen molar-refractivity contribution in [1.82, 2.24) is 9.06 Å². The molecule has 0 radical (unpaired) electrons. The van der Waals surface area contributed by atoms with E-state index in [2.05, 4.69) is 6.92 Å². The van der Waals surface area contributed by atoms with Gasteiger partial charge in [0.2, 0.25) is 0 Å². The highest BCUT2D eigenvalue weighted by Crippen LogP contribution is 2.29. The number of nitrogens with zero attached hydrogens (tertiary/aromatic N) is 2. The molecule has 0 spiro atoms. The van der Waals surface area contributed by atoms with E-state index in [4.69, 9.17) is 23.6 Å². The molecule has 158 valence electrons. The fourth-order valence-corrected chi connectivity index (χ4v) is 3.31. The Morgan fingerprint density at radius 2 is 1.59 bits per heavy atom. The van der Waals surface area contributed by atoms with Crippen LogP contribution in [-0.4, -0.2) is 26.3 Å². The lowest BCUT2D eigenvalue weighted by Gasteiger charge is -2.36. The average Bonchev–Trinajstić information content (AvgIpc) is 2.68. The summed E-state index contributed by atoms with van der Waals surface area (Å²) in [5.41, 5.74) is 3.20. The second-order valence-electron chi connectivity index (χ2n) is 7.54. The molecule has 0 heterocycles. The Bertz CT molecular complexity index is 867. The van der Waals surface area contributed by atoms with E-state index in [1.54, 1.807) is 26.0 Å². The van der Waals surface area contributed by atoms with Crippen molar-refractivity contribution in [3.05, 3.63) is 70.3 Å². The maximum absolute atomic E-state index is 12.8. The average molecular weight is 458 g/mol. The molecule has 0 saturated heterocycles. The fraction of sp³-hybridized carbons (Fsp3) is 0.364. The van der Waals surface area contributed by atoms with E-state index < -0.39 is 11.4 Å². The van der Waals surface area contributed by atoms with E-state index in [0.29, 0.717) is 11.1 Å². The molecule has 4 nitrogen and oxygen atoms in total. The zero-order chi connectivity index (χ0) is 21.1. The van der Waals surface area contributed by atoms with Gasteiger partial charge in [-0.15, -0.1) is 16.9 Å². The van der Waals surface area contributed by atoms with Gasteiger partial charge in [-0.05, 0) is 56.9 Å². The number of carbonyl (C=O) groups excluding carboxylic acids is 2. The number of hydrogen-bond donors (Lipinski definition) is 0. The summed E-state index contributed by atoms with van der Waals surface area (Å²) in [7, 11) is 0. The number of halogens is 3. The van der Waals surface area contributed by atoms with Crippen molar-refractivity contribution in [2.75, 3.05) is 0 Å². The van der Waals surface area contributed by atoms with Crippen LogP contribution in [0.2, 0.25) is 0 Å². The van der Waals surface area contributed by atoms with E-state index in [0.717, 1.165) is 26.6 Å². The molecule has 0 fully saturated rings. The van der Waals surface area contributed by atoms with Crippen molar-refractivity contribution in [3.63, 3.8) is 0 Å². The third-order valence-electron chi connectivity index (χ3n) is 4.93. The summed E-state index contributed by atoms with van der Waals surface area (Å²) in [4.78, 5) is 25.5. The first kappa shape index (κ1) is 25.4. The highest BCUT2D eigenvalue weighted by molar-refractivity contribution is 6.27. The molecule has 7 heteroatoms. The van der Waals surface area contributed by atoms with Crippen LogP contribution in [0.5, 0.6) is 0 Å². The van der Waals surface area contributed by atoms with Gasteiger partial charge in [-0.2, -0.15) is 4.53 Å². The molecular weight excluding hydrogens is 431 g/mol. The first-order valence-corrected chi connectivity index (χ1v) is 9.90. The van der Waals surface area contributed by atoms with Gasteiger partial charge in [0, 0.05) is 41.1 Å². The van der Waals surface area contributed by atoms with E-state index in [1.165, 1.54) is 5.56 Å². The van der Waals surface area contributed by atoms with Crippen molar-refractivity contribution in [1.29, 1.82) is 0 Å². The predicted molar refractivity (Wildman–Crippen MR) is 122 cm³/mol. The molecule has 0 N–H and O–H groups in total. The Morgan fingerprint density at radius 1 is 1.00 bits per heavy atom. The summed E-state index contributed by atoms with van der Waals surface area (Å²) in [6, 6.07) is 12.9. The van der Waals surface area contributed by atoms with Crippen molar-refractivity contribution in [2.24, 2.45) is 0 Å². The van der Waals surface area contributed by atoms with Crippen LogP contribution in [0, 0.1) is 13.8 Å². The molecule has 0 unspecified atom stereocenters. The number of hydrazine groups is 1. The van der Waals surface area contributed by atoms with Gasteiger partial charge in [0.15, 0.2) is 5.78 Å². The maximum atomic E-state index is 12.8. The van der Waals surface area contributed by atoms with E-state index >= 15 is 0 Å². The van der Waals surface area contributed by atoms with Gasteiger partial charge in [-0.1, -0.05) is 43.3 Å². The van der Waals surface area contributed by atoms with Gasteiger partial charge in [0.05, 0.1) is 5.54 Å². The molecule has 2 rings (SSSR count). The van der Waals surface area contributed by atoms with Gasteiger partial charge in [0.1, 0.15) is 0 Å². The summed E-state index contributed by atoms with van der Waals surface area (Å²) < 4.78 is 1.94. The highest BCUT2D eigenvalue weighted by Gasteiger charge is 2.36. The summed E-state index contributed by atoms with van der Waals surface area (Å²) >= 11 is 12.7. The van der Waals surface area contributed by atoms with Crippen LogP contribution in [0.1, 0.15) is 64.6 Å². The van der Waals surface area contributed by atoms with Crippen molar-refractivity contribution >= 4 is 47.7 Å². The van der Waals surface area contributed by atoms with Crippen LogP contribution in [0.15, 0.2) is 42.5 Å². The summed E-state index contributed by atoms with van der Waals surface area (Å²) in [5, 5.41) is 0. The highest BCUT2D eigenvalue weighted by atomic mass is 35.5. The predicted octanol–water partition coefficient (Wildman–Crippen LogP) is 6.31. The standard InChI is InChI=1S/C22H26Cl2N2O2.ClH/c1-6-17-10-12-18(13-11-17)20(27)14-22(4,5)26(24)25(23)21(28)19-9-7-8-15(2)16(19)3;/h7-13H,6,14H2,1-5H3;1H. The van der Waals surface area contributed by atoms with E-state index in [9.17, 15) is 9.59 Å². The number of benzene rings is 2. The van der Waals surface area contributed by atoms with Gasteiger partial charge in [0.25, 0.3) is 5.91 Å². The minimum absolute atomic E-state index is 0. The Balaban J connectivity index is 0.00000420. The van der Waals surface area contributed by atoms with Crippen molar-refractivity contribution in [2.45, 2.75) is 53.0 Å². The lowest BCUT2D eigenvalue weighted by Crippen LogP contribution is -2.48. The fourth-order valence-electron chi connectivity index (χ4n) is 2.89.